The van der Waals surface area contributed by atoms with Crippen molar-refractivity contribution in [2.45, 2.75) is 13.5 Å². The van der Waals surface area contributed by atoms with Gasteiger partial charge in [-0.3, -0.25) is 9.98 Å². The number of benzene rings is 1. The van der Waals surface area contributed by atoms with Gasteiger partial charge in [-0.05, 0) is 43.0 Å². The van der Waals surface area contributed by atoms with Gasteiger partial charge in [-0.1, -0.05) is 24.8 Å². The molecule has 3 nitrogen and oxygen atoms in total. The van der Waals surface area contributed by atoms with Gasteiger partial charge < -0.3 is 5.32 Å². The van der Waals surface area contributed by atoms with E-state index in [4.69, 9.17) is 0 Å². The molecule has 3 heteroatoms. The van der Waals surface area contributed by atoms with Crippen molar-refractivity contribution in [3.8, 4) is 0 Å². The number of para-hydroxylation sites is 2. The highest BCUT2D eigenvalue weighted by Crippen LogP contribution is 2.23. The van der Waals surface area contributed by atoms with E-state index < -0.39 is 0 Å². The lowest BCUT2D eigenvalue weighted by molar-refractivity contribution is 1.04. The number of hydrogen-bond donors (Lipinski definition) is 1. The van der Waals surface area contributed by atoms with Crippen molar-refractivity contribution in [3.05, 3.63) is 60.4 Å². The third-order valence-corrected chi connectivity index (χ3v) is 2.85. The van der Waals surface area contributed by atoms with Crippen molar-refractivity contribution >= 4 is 23.7 Å². The van der Waals surface area contributed by atoms with Crippen molar-refractivity contribution < 1.29 is 0 Å². The van der Waals surface area contributed by atoms with E-state index in [9.17, 15) is 0 Å². The molecule has 2 rings (SSSR count). The summed E-state index contributed by atoms with van der Waals surface area (Å²) in [6, 6.07) is 11.8. The van der Waals surface area contributed by atoms with E-state index in [1.54, 1.807) is 0 Å². The minimum Gasteiger partial charge on any atom is -0.378 e. The quantitative estimate of drug-likeness (QED) is 0.814. The van der Waals surface area contributed by atoms with Gasteiger partial charge in [0.2, 0.25) is 0 Å². The lowest BCUT2D eigenvalue weighted by Crippen LogP contribution is -2.01. The summed E-state index contributed by atoms with van der Waals surface area (Å²) in [7, 11) is 0. The Morgan fingerprint density at radius 1 is 1.26 bits per heavy atom. The summed E-state index contributed by atoms with van der Waals surface area (Å²) < 4.78 is 0. The van der Waals surface area contributed by atoms with Crippen molar-refractivity contribution in [1.29, 1.82) is 0 Å². The van der Waals surface area contributed by atoms with Crippen LogP contribution in [0.15, 0.2) is 54.2 Å². The van der Waals surface area contributed by atoms with Crippen molar-refractivity contribution in [1.82, 2.24) is 4.98 Å². The molecule has 0 bridgehead atoms. The number of pyridine rings is 1. The lowest BCUT2D eigenvalue weighted by Gasteiger charge is -2.09. The van der Waals surface area contributed by atoms with Gasteiger partial charge in [0.05, 0.1) is 23.6 Å². The van der Waals surface area contributed by atoms with Gasteiger partial charge in [0.15, 0.2) is 0 Å². The first kappa shape index (κ1) is 13.0. The predicted molar refractivity (Wildman–Crippen MR) is 81.9 cm³/mol. The van der Waals surface area contributed by atoms with Crippen molar-refractivity contribution in [2.24, 2.45) is 4.99 Å². The standard InChI is InChI=1S/C16H17N3/c1-12(2)13-8-9-14(18-10-13)11-19-16-7-5-4-6-15(16)17-3/h4-10,19H,1,3,11H2,2H3. The molecule has 0 aliphatic heterocycles. The summed E-state index contributed by atoms with van der Waals surface area (Å²) in [6.07, 6.45) is 1.84. The summed E-state index contributed by atoms with van der Waals surface area (Å²) in [4.78, 5) is 8.38. The van der Waals surface area contributed by atoms with Gasteiger partial charge in [-0.15, -0.1) is 0 Å². The van der Waals surface area contributed by atoms with Crippen LogP contribution in [0.2, 0.25) is 0 Å². The summed E-state index contributed by atoms with van der Waals surface area (Å²) in [5.74, 6) is 0. The highest BCUT2D eigenvalue weighted by Gasteiger charge is 2.00. The minimum absolute atomic E-state index is 0.656. The number of nitrogens with one attached hydrogen (secondary N) is 1. The highest BCUT2D eigenvalue weighted by molar-refractivity contribution is 5.67. The summed E-state index contributed by atoms with van der Waals surface area (Å²) in [6.45, 7) is 10.1. The smallest absolute Gasteiger partial charge is 0.0853 e. The van der Waals surface area contributed by atoms with Crippen LogP contribution in [0.1, 0.15) is 18.2 Å². The Bertz CT molecular complexity index is 585. The molecule has 96 valence electrons. The van der Waals surface area contributed by atoms with Crippen LogP contribution < -0.4 is 5.32 Å². The van der Waals surface area contributed by atoms with Gasteiger partial charge in [-0.2, -0.15) is 0 Å². The number of aliphatic imine (C=N–C) groups is 1. The van der Waals surface area contributed by atoms with E-state index in [1.165, 1.54) is 0 Å². The molecule has 0 atom stereocenters. The second-order valence-corrected chi connectivity index (χ2v) is 4.35. The first-order valence-corrected chi connectivity index (χ1v) is 6.11. The topological polar surface area (TPSA) is 37.3 Å². The number of hydrogen-bond acceptors (Lipinski definition) is 3. The molecule has 0 amide bonds. The molecule has 0 aliphatic rings. The van der Waals surface area contributed by atoms with Crippen LogP contribution in [0.25, 0.3) is 5.57 Å². The van der Waals surface area contributed by atoms with Gasteiger partial charge >= 0.3 is 0 Å². The zero-order valence-electron chi connectivity index (χ0n) is 11.1. The van der Waals surface area contributed by atoms with E-state index in [1.807, 2.05) is 49.5 Å². The number of nitrogens with zero attached hydrogens (tertiary/aromatic N) is 2. The fourth-order valence-corrected chi connectivity index (χ4v) is 1.73. The van der Waals surface area contributed by atoms with E-state index in [-0.39, 0.29) is 0 Å². The predicted octanol–water partition coefficient (Wildman–Crippen LogP) is 4.06. The third-order valence-electron chi connectivity index (χ3n) is 2.85. The number of rotatable bonds is 5. The van der Waals surface area contributed by atoms with Crippen LogP contribution in [0.4, 0.5) is 11.4 Å². The molecular formula is C16H17N3. The Kier molecular flexibility index (Phi) is 4.08. The largest absolute Gasteiger partial charge is 0.378 e. The SMILES string of the molecule is C=Nc1ccccc1NCc1ccc(C(=C)C)cn1. The zero-order valence-corrected chi connectivity index (χ0v) is 11.1. The van der Waals surface area contributed by atoms with Gasteiger partial charge in [-0.25, -0.2) is 0 Å². The second-order valence-electron chi connectivity index (χ2n) is 4.35. The van der Waals surface area contributed by atoms with Gasteiger partial charge in [0, 0.05) is 6.20 Å². The average Bonchev–Trinajstić information content (AvgIpc) is 2.45. The first-order chi connectivity index (χ1) is 9.20. The molecule has 1 aromatic carbocycles. The van der Waals surface area contributed by atoms with Crippen molar-refractivity contribution in [2.75, 3.05) is 5.32 Å². The average molecular weight is 251 g/mol. The molecule has 2 aromatic rings. The van der Waals surface area contributed by atoms with Gasteiger partial charge in [0.25, 0.3) is 0 Å². The molecule has 0 saturated carbocycles. The highest BCUT2D eigenvalue weighted by atomic mass is 14.9. The lowest BCUT2D eigenvalue weighted by atomic mass is 10.1. The first-order valence-electron chi connectivity index (χ1n) is 6.11. The van der Waals surface area contributed by atoms with E-state index in [0.717, 1.165) is 28.2 Å². The molecule has 0 spiro atoms. The fraction of sp³-hybridized carbons (Fsp3) is 0.125. The maximum absolute atomic E-state index is 4.40. The number of allylic oxidation sites excluding steroid dienone is 1. The van der Waals surface area contributed by atoms with Crippen LogP contribution in [0.3, 0.4) is 0 Å². The molecule has 0 unspecified atom stereocenters. The molecule has 1 aromatic heterocycles. The third kappa shape index (κ3) is 3.28. The normalized spacial score (nSPS) is 9.95. The summed E-state index contributed by atoms with van der Waals surface area (Å²) >= 11 is 0. The van der Waals surface area contributed by atoms with Crippen LogP contribution >= 0.6 is 0 Å². The maximum atomic E-state index is 4.40. The van der Waals surface area contributed by atoms with Crippen molar-refractivity contribution in [3.63, 3.8) is 0 Å². The zero-order chi connectivity index (χ0) is 13.7. The molecular weight excluding hydrogens is 234 g/mol. The number of anilines is 1. The maximum Gasteiger partial charge on any atom is 0.0853 e. The van der Waals surface area contributed by atoms with Crippen LogP contribution in [0, 0.1) is 0 Å². The molecule has 1 N–H and O–H groups in total. The Balaban J connectivity index is 2.06. The van der Waals surface area contributed by atoms with E-state index in [2.05, 4.69) is 28.6 Å². The molecule has 0 radical (unpaired) electrons. The molecule has 0 aliphatic carbocycles. The van der Waals surface area contributed by atoms with E-state index in [0.29, 0.717) is 6.54 Å². The summed E-state index contributed by atoms with van der Waals surface area (Å²) in [5, 5.41) is 3.31. The van der Waals surface area contributed by atoms with Crippen LogP contribution in [-0.2, 0) is 6.54 Å². The van der Waals surface area contributed by atoms with E-state index >= 15 is 0 Å². The molecule has 1 heterocycles. The molecule has 19 heavy (non-hydrogen) atoms. The Morgan fingerprint density at radius 3 is 2.68 bits per heavy atom. The Labute approximate surface area is 113 Å². The fourth-order valence-electron chi connectivity index (χ4n) is 1.73. The van der Waals surface area contributed by atoms with Crippen LogP contribution in [-0.4, -0.2) is 11.7 Å². The second kappa shape index (κ2) is 5.96. The monoisotopic (exact) mass is 251 g/mol. The van der Waals surface area contributed by atoms with Gasteiger partial charge in [0.1, 0.15) is 0 Å². The Hall–Kier alpha value is -2.42. The number of aromatic nitrogens is 1. The minimum atomic E-state index is 0.656. The Morgan fingerprint density at radius 2 is 2.05 bits per heavy atom. The summed E-state index contributed by atoms with van der Waals surface area (Å²) in [5.41, 5.74) is 4.87. The molecule has 0 saturated heterocycles. The van der Waals surface area contributed by atoms with Crippen LogP contribution in [0.5, 0.6) is 0 Å². The molecule has 0 fully saturated rings.